The lowest BCUT2D eigenvalue weighted by Gasteiger charge is -2.25. The maximum atomic E-state index is 11.8. The zero-order valence-electron chi connectivity index (χ0n) is 13.3. The Hall–Kier alpha value is -2.81. The van der Waals surface area contributed by atoms with Gasteiger partial charge in [0.2, 0.25) is 5.91 Å². The highest BCUT2D eigenvalue weighted by atomic mass is 16.2. The number of aromatic nitrogens is 2. The molecule has 0 fully saturated rings. The van der Waals surface area contributed by atoms with Gasteiger partial charge in [-0.25, -0.2) is 9.98 Å². The molecule has 1 unspecified atom stereocenters. The molecule has 6 nitrogen and oxygen atoms in total. The quantitative estimate of drug-likeness (QED) is 0.869. The van der Waals surface area contributed by atoms with E-state index in [2.05, 4.69) is 26.4 Å². The minimum atomic E-state index is -0.0682. The van der Waals surface area contributed by atoms with Gasteiger partial charge in [0.15, 0.2) is 5.96 Å². The number of rotatable bonds is 3. The Balaban J connectivity index is 1.75. The van der Waals surface area contributed by atoms with E-state index in [1.54, 1.807) is 13.2 Å². The normalized spacial score (nSPS) is 17.8. The highest BCUT2D eigenvalue weighted by Gasteiger charge is 2.24. The molecule has 0 saturated carbocycles. The molecule has 118 valence electrons. The number of amides is 1. The maximum absolute atomic E-state index is 11.8. The molecule has 0 spiro atoms. The Labute approximate surface area is 135 Å². The number of pyridine rings is 1. The molecule has 1 aliphatic heterocycles. The average molecular weight is 309 g/mol. The summed E-state index contributed by atoms with van der Waals surface area (Å²) >= 11 is 0. The number of nitrogens with two attached hydrogens (primary N) is 1. The first-order valence-corrected chi connectivity index (χ1v) is 7.56. The zero-order valence-corrected chi connectivity index (χ0v) is 13.3. The Kier molecular flexibility index (Phi) is 4.02. The van der Waals surface area contributed by atoms with E-state index in [9.17, 15) is 4.79 Å². The fourth-order valence-electron chi connectivity index (χ4n) is 2.71. The van der Waals surface area contributed by atoms with Gasteiger partial charge in [0.1, 0.15) is 5.65 Å². The maximum Gasteiger partial charge on any atom is 0.231 e. The molecule has 1 atom stereocenters. The van der Waals surface area contributed by atoms with E-state index in [1.165, 1.54) is 4.90 Å². The number of aryl methyl sites for hydroxylation is 1. The summed E-state index contributed by atoms with van der Waals surface area (Å²) in [7, 11) is 1.65. The summed E-state index contributed by atoms with van der Waals surface area (Å²) < 4.78 is 2.08. The number of hydrogen-bond donors (Lipinski definition) is 1. The lowest BCUT2D eigenvalue weighted by Crippen LogP contribution is -2.44. The molecular formula is C17H19N5O. The minimum Gasteiger partial charge on any atom is -0.369 e. The summed E-state index contributed by atoms with van der Waals surface area (Å²) in [6, 6.07) is 3.99. The smallest absolute Gasteiger partial charge is 0.231 e. The summed E-state index contributed by atoms with van der Waals surface area (Å²) in [5.74, 6) is 6.20. The van der Waals surface area contributed by atoms with E-state index in [-0.39, 0.29) is 11.9 Å². The number of guanidine groups is 1. The SMILES string of the molecule is CC#Cc1cnc2c(ccn2CCC2CC(=O)N(C)C(N)=N2)c1. The van der Waals surface area contributed by atoms with Crippen molar-refractivity contribution in [3.05, 3.63) is 30.1 Å². The van der Waals surface area contributed by atoms with Gasteiger partial charge >= 0.3 is 0 Å². The molecule has 3 heterocycles. The molecule has 2 aromatic heterocycles. The van der Waals surface area contributed by atoms with Crippen molar-refractivity contribution in [1.82, 2.24) is 14.5 Å². The fraction of sp³-hybridized carbons (Fsp3) is 0.353. The van der Waals surface area contributed by atoms with Crippen LogP contribution in [0.4, 0.5) is 0 Å². The second-order valence-corrected chi connectivity index (χ2v) is 5.61. The van der Waals surface area contributed by atoms with Crippen molar-refractivity contribution in [2.24, 2.45) is 10.7 Å². The van der Waals surface area contributed by atoms with E-state index in [0.29, 0.717) is 12.4 Å². The summed E-state index contributed by atoms with van der Waals surface area (Å²) in [5, 5.41) is 1.06. The number of nitrogens with zero attached hydrogens (tertiary/aromatic N) is 4. The third-order valence-corrected chi connectivity index (χ3v) is 4.02. The number of aliphatic imine (C=N–C) groups is 1. The van der Waals surface area contributed by atoms with E-state index in [1.807, 2.05) is 25.3 Å². The standard InChI is InChI=1S/C17H19N5O/c1-3-4-12-9-13-5-7-22(16(13)19-11-12)8-6-14-10-15(23)21(2)17(18)20-14/h5,7,9,11,14H,6,8,10H2,1-2H3,(H2,18,20). The Morgan fingerprint density at radius 2 is 2.30 bits per heavy atom. The van der Waals surface area contributed by atoms with Crippen molar-refractivity contribution < 1.29 is 4.79 Å². The van der Waals surface area contributed by atoms with Crippen LogP contribution >= 0.6 is 0 Å². The summed E-state index contributed by atoms with van der Waals surface area (Å²) in [6.45, 7) is 2.55. The third-order valence-electron chi connectivity index (χ3n) is 4.02. The average Bonchev–Trinajstić information content (AvgIpc) is 2.93. The molecule has 0 bridgehead atoms. The van der Waals surface area contributed by atoms with Crippen molar-refractivity contribution >= 4 is 22.9 Å². The molecule has 3 rings (SSSR count). The van der Waals surface area contributed by atoms with Crippen molar-refractivity contribution in [2.75, 3.05) is 7.05 Å². The van der Waals surface area contributed by atoms with Crippen LogP contribution in [-0.4, -0.2) is 39.4 Å². The van der Waals surface area contributed by atoms with Crippen LogP contribution in [0.2, 0.25) is 0 Å². The second-order valence-electron chi connectivity index (χ2n) is 5.61. The third kappa shape index (κ3) is 3.04. The van der Waals surface area contributed by atoms with E-state index >= 15 is 0 Å². The lowest BCUT2D eigenvalue weighted by molar-refractivity contribution is -0.127. The van der Waals surface area contributed by atoms with Gasteiger partial charge in [-0.05, 0) is 25.5 Å². The van der Waals surface area contributed by atoms with Crippen LogP contribution in [0.3, 0.4) is 0 Å². The minimum absolute atomic E-state index is 0.0146. The summed E-state index contributed by atoms with van der Waals surface area (Å²) in [6.07, 6.45) is 4.94. The largest absolute Gasteiger partial charge is 0.369 e. The number of fused-ring (bicyclic) bond motifs is 1. The highest BCUT2D eigenvalue weighted by Crippen LogP contribution is 2.18. The van der Waals surface area contributed by atoms with E-state index in [0.717, 1.165) is 29.6 Å². The van der Waals surface area contributed by atoms with Crippen molar-refractivity contribution in [3.63, 3.8) is 0 Å². The highest BCUT2D eigenvalue weighted by molar-refractivity contribution is 5.98. The van der Waals surface area contributed by atoms with Crippen LogP contribution in [0.15, 0.2) is 29.5 Å². The van der Waals surface area contributed by atoms with E-state index < -0.39 is 0 Å². The molecule has 6 heteroatoms. The molecule has 1 amide bonds. The van der Waals surface area contributed by atoms with Crippen molar-refractivity contribution in [1.29, 1.82) is 0 Å². The molecule has 2 N–H and O–H groups in total. The Bertz CT molecular complexity index is 840. The van der Waals surface area contributed by atoms with E-state index in [4.69, 9.17) is 5.73 Å². The van der Waals surface area contributed by atoms with Gasteiger partial charge in [-0.2, -0.15) is 0 Å². The van der Waals surface area contributed by atoms with Crippen LogP contribution in [0.5, 0.6) is 0 Å². The number of hydrogen-bond acceptors (Lipinski definition) is 4. The molecule has 0 radical (unpaired) electrons. The van der Waals surface area contributed by atoms with Crippen molar-refractivity contribution in [3.8, 4) is 11.8 Å². The first kappa shape index (κ1) is 15.1. The zero-order chi connectivity index (χ0) is 16.4. The Morgan fingerprint density at radius 3 is 3.04 bits per heavy atom. The molecule has 0 aliphatic carbocycles. The van der Waals surface area contributed by atoms with Crippen LogP contribution in [-0.2, 0) is 11.3 Å². The van der Waals surface area contributed by atoms with Crippen LogP contribution < -0.4 is 5.73 Å². The molecular weight excluding hydrogens is 290 g/mol. The number of carbonyl (C=O) groups excluding carboxylic acids is 1. The first-order chi connectivity index (χ1) is 11.1. The van der Waals surface area contributed by atoms with Gasteiger partial charge in [0, 0.05) is 43.4 Å². The van der Waals surface area contributed by atoms with Crippen molar-refractivity contribution in [2.45, 2.75) is 32.4 Å². The predicted molar refractivity (Wildman–Crippen MR) is 89.7 cm³/mol. The van der Waals surface area contributed by atoms with Gasteiger partial charge < -0.3 is 10.3 Å². The van der Waals surface area contributed by atoms with Gasteiger partial charge in [-0.3, -0.25) is 9.69 Å². The van der Waals surface area contributed by atoms with Crippen LogP contribution in [0.1, 0.15) is 25.3 Å². The predicted octanol–water partition coefficient (Wildman–Crippen LogP) is 1.34. The Morgan fingerprint density at radius 1 is 1.48 bits per heavy atom. The number of carbonyl (C=O) groups is 1. The summed E-state index contributed by atoms with van der Waals surface area (Å²) in [4.78, 5) is 22.1. The monoisotopic (exact) mass is 309 g/mol. The summed E-state index contributed by atoms with van der Waals surface area (Å²) in [5.41, 5.74) is 7.60. The van der Waals surface area contributed by atoms with Crippen LogP contribution in [0, 0.1) is 11.8 Å². The molecule has 23 heavy (non-hydrogen) atoms. The first-order valence-electron chi connectivity index (χ1n) is 7.56. The topological polar surface area (TPSA) is 76.5 Å². The van der Waals surface area contributed by atoms with Gasteiger partial charge in [0.05, 0.1) is 6.04 Å². The fourth-order valence-corrected chi connectivity index (χ4v) is 2.71. The molecule has 0 aromatic carbocycles. The van der Waals surface area contributed by atoms with Gasteiger partial charge in [-0.15, -0.1) is 5.92 Å². The lowest BCUT2D eigenvalue weighted by atomic mass is 10.1. The molecule has 1 aliphatic rings. The molecule has 0 saturated heterocycles. The van der Waals surface area contributed by atoms with Gasteiger partial charge in [0.25, 0.3) is 0 Å². The molecule has 2 aromatic rings. The van der Waals surface area contributed by atoms with Gasteiger partial charge in [-0.1, -0.05) is 5.92 Å². The second kappa shape index (κ2) is 6.13. The van der Waals surface area contributed by atoms with Crippen LogP contribution in [0.25, 0.3) is 11.0 Å².